The second kappa shape index (κ2) is 27.9. The van der Waals surface area contributed by atoms with Crippen molar-refractivity contribution in [2.45, 2.75) is 310 Å². The summed E-state index contributed by atoms with van der Waals surface area (Å²) in [5.41, 5.74) is -0.939. The SMILES string of the molecule is COC(=O)C[C@H](NC(=O)C[C@H](NC(=O)C[C@H](NC(=O)C[C@H](NC(=O)C[C@H](NC(=O)OC(C)(C)C)[C@H]1O[C@@H]2OC(C)(C)O[C@@H]2[C@H]1OC)[C@H]1O[C@@H]2OC(C)(C)O[C@@H]2[C@H]1OC)[C@H]1O[C@@H]2OC(C)(C)O[C@@H]2[C@H]1OC)[C@H]1O[C@@H]2OC(C)(C)O[C@@H]2[C@H]1OC)[C@H]1O[C@@H]2OC(C)(C)O[C@@H]2[C@H]1OC. The maximum atomic E-state index is 15.2. The molecule has 0 aromatic carbocycles. The molecule has 33 heteroatoms. The molecule has 0 radical (unpaired) electrons. The van der Waals surface area contributed by atoms with E-state index in [0.717, 1.165) is 0 Å². The fourth-order valence-electron chi connectivity index (χ4n) is 14.3. The van der Waals surface area contributed by atoms with E-state index in [2.05, 4.69) is 26.6 Å². The Balaban J connectivity index is 0.925. The van der Waals surface area contributed by atoms with Gasteiger partial charge in [-0.1, -0.05) is 0 Å². The molecule has 0 spiro atoms. The van der Waals surface area contributed by atoms with Crippen molar-refractivity contribution < 1.29 is 133 Å². The normalized spacial score (nSPS) is 39.1. The summed E-state index contributed by atoms with van der Waals surface area (Å²) in [6, 6.07) is -6.03. The zero-order valence-corrected chi connectivity index (χ0v) is 56.9. The van der Waals surface area contributed by atoms with Gasteiger partial charge in [0.05, 0.1) is 43.7 Å². The van der Waals surface area contributed by atoms with Gasteiger partial charge in [0, 0.05) is 61.2 Å². The molecule has 10 rings (SSSR count). The lowest BCUT2D eigenvalue weighted by Gasteiger charge is -2.34. The number of hydrogen-bond acceptors (Lipinski definition) is 28. The third kappa shape index (κ3) is 16.1. The van der Waals surface area contributed by atoms with E-state index in [-0.39, 0.29) is 6.42 Å². The molecule has 10 heterocycles. The topological polar surface area (TPSA) is 366 Å². The first-order valence-corrected chi connectivity index (χ1v) is 31.9. The molecule has 0 aliphatic carbocycles. The van der Waals surface area contributed by atoms with Gasteiger partial charge in [-0.3, -0.25) is 24.0 Å². The Kier molecular flexibility index (Phi) is 21.5. The number of nitrogens with one attached hydrogen (secondary N) is 5. The number of alkyl carbamates (subject to hydrolysis) is 1. The van der Waals surface area contributed by atoms with Crippen LogP contribution in [0.2, 0.25) is 0 Å². The average Bonchev–Trinajstić information content (AvgIpc) is 1.65. The van der Waals surface area contributed by atoms with E-state index in [1.54, 1.807) is 90.0 Å². The van der Waals surface area contributed by atoms with E-state index >= 15 is 9.59 Å². The molecule has 0 aromatic heterocycles. The molecule has 0 aromatic rings. The van der Waals surface area contributed by atoms with Crippen molar-refractivity contribution >= 4 is 35.7 Å². The van der Waals surface area contributed by atoms with Crippen LogP contribution in [0.4, 0.5) is 4.79 Å². The molecule has 5 amide bonds. The molecule has 0 bridgehead atoms. The Hall–Kier alpha value is -4.18. The lowest BCUT2D eigenvalue weighted by atomic mass is 9.96. The van der Waals surface area contributed by atoms with E-state index in [1.165, 1.54) is 42.7 Å². The van der Waals surface area contributed by atoms with E-state index in [9.17, 15) is 19.2 Å². The Morgan fingerprint density at radius 2 is 0.553 bits per heavy atom. The van der Waals surface area contributed by atoms with Crippen LogP contribution in [0.1, 0.15) is 122 Å². The predicted molar refractivity (Wildman–Crippen MR) is 313 cm³/mol. The minimum atomic E-state index is -1.29. The van der Waals surface area contributed by atoms with Gasteiger partial charge in [0.1, 0.15) is 97.2 Å². The van der Waals surface area contributed by atoms with Crippen LogP contribution in [-0.2, 0) is 128 Å². The fraction of sp³-hybridized carbons (Fsp3) is 0.902. The maximum absolute atomic E-state index is 15.2. The van der Waals surface area contributed by atoms with Gasteiger partial charge in [0.25, 0.3) is 0 Å². The number of methoxy groups -OCH3 is 6. The lowest BCUT2D eigenvalue weighted by molar-refractivity contribution is -0.221. The van der Waals surface area contributed by atoms with E-state index in [0.29, 0.717) is 0 Å². The molecule has 25 atom stereocenters. The van der Waals surface area contributed by atoms with Gasteiger partial charge in [0.2, 0.25) is 23.6 Å². The molecule has 10 saturated heterocycles. The largest absolute Gasteiger partial charge is 0.469 e. The highest BCUT2D eigenvalue weighted by Crippen LogP contribution is 2.45. The molecule has 10 aliphatic heterocycles. The molecular formula is C61H97N5O28. The van der Waals surface area contributed by atoms with Crippen molar-refractivity contribution in [2.24, 2.45) is 0 Å². The highest BCUT2D eigenvalue weighted by molar-refractivity contribution is 5.83. The molecule has 94 heavy (non-hydrogen) atoms. The number of esters is 1. The van der Waals surface area contributed by atoms with E-state index in [4.69, 9.17) is 104 Å². The highest BCUT2D eigenvalue weighted by Gasteiger charge is 2.63. The first-order valence-electron chi connectivity index (χ1n) is 31.9. The first-order chi connectivity index (χ1) is 44.0. The summed E-state index contributed by atoms with van der Waals surface area (Å²) in [6.45, 7) is 22.1. The standard InChI is InChI=1S/C61H97N5O28/c1-56(2,3)94-55(72)66-28(38-43(77-18)48-53(82-38)92-60(10,11)87-48)23-33(70)64-26(36-41(75-16)46-51(80-36)90-58(6,7)85-46)21-31(68)62-25(35-40(74-15)45-50(79-35)89-57(4,5)84-45)20-30(67)63-27(37-42(76-17)47-52(81-37)91-59(8,9)86-47)22-32(69)65-29(24-34(71)73-14)39-44(78-19)49-54(83-39)93-61(12,13)88-49/h25-29,35-54H,20-24H2,1-19H3,(H,62,68)(H,63,67)(H,64,70)(H,65,69)(H,66,72)/t25-,26-,27-,28-,29-,35+,36+,37+,38+,39+,40-,41-,42-,43-,44-,45+,46+,47+,48+,49+,50+,51+,52+,53+,54+/m0/s1. The van der Waals surface area contributed by atoms with Gasteiger partial charge in [-0.05, 0) is 90.0 Å². The molecule has 10 aliphatic rings. The lowest BCUT2D eigenvalue weighted by Crippen LogP contribution is -2.57. The predicted octanol–water partition coefficient (Wildman–Crippen LogP) is 0.399. The second-order valence-corrected chi connectivity index (χ2v) is 28.4. The molecule has 0 unspecified atom stereocenters. The van der Waals surface area contributed by atoms with Crippen LogP contribution in [-0.4, -0.2) is 266 Å². The Morgan fingerprint density at radius 3 is 0.755 bits per heavy atom. The zero-order chi connectivity index (χ0) is 68.5. The van der Waals surface area contributed by atoms with Crippen LogP contribution in [0.3, 0.4) is 0 Å². The van der Waals surface area contributed by atoms with Gasteiger partial charge < -0.3 is 131 Å². The number of carbonyl (C=O) groups excluding carboxylic acids is 6. The van der Waals surface area contributed by atoms with Gasteiger partial charge in [-0.25, -0.2) is 4.79 Å². The van der Waals surface area contributed by atoms with E-state index < -0.39 is 249 Å². The number of amides is 5. The third-order valence-corrected chi connectivity index (χ3v) is 17.8. The van der Waals surface area contributed by atoms with Crippen molar-refractivity contribution in [3.8, 4) is 0 Å². The molecule has 534 valence electrons. The summed E-state index contributed by atoms with van der Waals surface area (Å²) in [5, 5.41) is 14.7. The summed E-state index contributed by atoms with van der Waals surface area (Å²) in [6.07, 6.45) is -22.0. The van der Waals surface area contributed by atoms with Crippen molar-refractivity contribution in [3.05, 3.63) is 0 Å². The molecule has 0 saturated carbocycles. The number of hydrogen-bond donors (Lipinski definition) is 5. The van der Waals surface area contributed by atoms with Crippen LogP contribution >= 0.6 is 0 Å². The maximum Gasteiger partial charge on any atom is 0.407 e. The van der Waals surface area contributed by atoms with E-state index in [1.807, 2.05) is 0 Å². The number of rotatable bonds is 25. The molecule has 33 nitrogen and oxygen atoms in total. The van der Waals surface area contributed by atoms with Crippen LogP contribution < -0.4 is 26.6 Å². The molecular weight excluding hydrogens is 1250 g/mol. The molecule has 10 fully saturated rings. The fourth-order valence-corrected chi connectivity index (χ4v) is 14.3. The quantitative estimate of drug-likeness (QED) is 0.0772. The minimum absolute atomic E-state index is 0.365. The van der Waals surface area contributed by atoms with Crippen molar-refractivity contribution in [3.63, 3.8) is 0 Å². The summed E-state index contributed by atoms with van der Waals surface area (Å²) in [4.78, 5) is 86.6. The Bertz CT molecular complexity index is 2730. The van der Waals surface area contributed by atoms with Crippen LogP contribution in [0, 0.1) is 0 Å². The minimum Gasteiger partial charge on any atom is -0.469 e. The van der Waals surface area contributed by atoms with Gasteiger partial charge in [0.15, 0.2) is 60.4 Å². The monoisotopic (exact) mass is 1350 g/mol. The molecule has 5 N–H and O–H groups in total. The van der Waals surface area contributed by atoms with Crippen LogP contribution in [0.5, 0.6) is 0 Å². The summed E-state index contributed by atoms with van der Waals surface area (Å²) < 4.78 is 134. The summed E-state index contributed by atoms with van der Waals surface area (Å²) in [5.74, 6) is -8.87. The summed E-state index contributed by atoms with van der Waals surface area (Å²) >= 11 is 0. The zero-order valence-electron chi connectivity index (χ0n) is 56.9. The third-order valence-electron chi connectivity index (χ3n) is 17.8. The second-order valence-electron chi connectivity index (χ2n) is 28.4. The number of carbonyl (C=O) groups is 6. The Labute approximate surface area is 546 Å². The smallest absolute Gasteiger partial charge is 0.407 e. The number of ether oxygens (including phenoxy) is 22. The van der Waals surface area contributed by atoms with Gasteiger partial charge in [-0.2, -0.15) is 0 Å². The van der Waals surface area contributed by atoms with Crippen LogP contribution in [0.25, 0.3) is 0 Å². The van der Waals surface area contributed by atoms with Crippen molar-refractivity contribution in [2.75, 3.05) is 42.7 Å². The van der Waals surface area contributed by atoms with Gasteiger partial charge in [-0.15, -0.1) is 0 Å². The Morgan fingerprint density at radius 1 is 0.340 bits per heavy atom. The van der Waals surface area contributed by atoms with Crippen molar-refractivity contribution in [1.29, 1.82) is 0 Å². The van der Waals surface area contributed by atoms with Gasteiger partial charge >= 0.3 is 12.1 Å². The highest BCUT2D eigenvalue weighted by atomic mass is 16.9. The van der Waals surface area contributed by atoms with Crippen molar-refractivity contribution in [1.82, 2.24) is 26.6 Å². The summed E-state index contributed by atoms with van der Waals surface area (Å²) in [7, 11) is 8.36. The van der Waals surface area contributed by atoms with Crippen LogP contribution in [0.15, 0.2) is 0 Å². The average molecular weight is 1350 g/mol. The number of fused-ring (bicyclic) bond motifs is 5. The first kappa shape index (κ1) is 72.6.